The molecular formula is C29H43N5O7. The molecule has 1 unspecified atom stereocenters. The zero-order valence-electron chi connectivity index (χ0n) is 25.1. The quantitative estimate of drug-likeness (QED) is 0.399. The van der Waals surface area contributed by atoms with Gasteiger partial charge in [-0.05, 0) is 41.4 Å². The fourth-order valence-electron chi connectivity index (χ4n) is 5.95. The Hall–Kier alpha value is -3.83. The van der Waals surface area contributed by atoms with Crippen molar-refractivity contribution in [3.8, 4) is 0 Å². The molecule has 1 aromatic rings. The number of primary amides is 1. The van der Waals surface area contributed by atoms with E-state index in [9.17, 15) is 24.0 Å². The van der Waals surface area contributed by atoms with Gasteiger partial charge in [0, 0.05) is 37.7 Å². The van der Waals surface area contributed by atoms with Gasteiger partial charge in [-0.2, -0.15) is 0 Å². The summed E-state index contributed by atoms with van der Waals surface area (Å²) in [4.78, 5) is 70.7. The molecule has 4 N–H and O–H groups in total. The van der Waals surface area contributed by atoms with E-state index in [4.69, 9.17) is 15.2 Å². The van der Waals surface area contributed by atoms with Crippen LogP contribution in [0, 0.1) is 17.3 Å². The van der Waals surface area contributed by atoms with Crippen LogP contribution in [-0.4, -0.2) is 84.5 Å². The van der Waals surface area contributed by atoms with Crippen LogP contribution in [0.25, 0.3) is 6.08 Å². The molecule has 0 spiro atoms. The lowest BCUT2D eigenvalue weighted by Crippen LogP contribution is -2.60. The zero-order chi connectivity index (χ0) is 30.8. The maximum atomic E-state index is 14.1. The maximum absolute atomic E-state index is 14.1. The first-order chi connectivity index (χ1) is 19.1. The van der Waals surface area contributed by atoms with Crippen LogP contribution in [0.3, 0.4) is 0 Å². The molecule has 1 aliphatic carbocycles. The van der Waals surface area contributed by atoms with Crippen molar-refractivity contribution in [1.29, 1.82) is 0 Å². The summed E-state index contributed by atoms with van der Waals surface area (Å²) in [7, 11) is 4.29. The Morgan fingerprint density at radius 2 is 1.85 bits per heavy atom. The van der Waals surface area contributed by atoms with Crippen LogP contribution < -0.4 is 16.6 Å². The number of methoxy groups -OCH3 is 2. The minimum Gasteiger partial charge on any atom is -0.501 e. The number of allylic oxidation sites excluding steroid dienone is 1. The first-order valence-corrected chi connectivity index (χ1v) is 13.8. The van der Waals surface area contributed by atoms with Gasteiger partial charge in [-0.3, -0.25) is 14.4 Å². The number of urea groups is 1. The predicted octanol–water partition coefficient (Wildman–Crippen LogP) is 1.81. The molecule has 1 fully saturated rings. The van der Waals surface area contributed by atoms with Crippen LogP contribution in [0.15, 0.2) is 22.8 Å². The van der Waals surface area contributed by atoms with E-state index in [0.29, 0.717) is 17.7 Å². The number of likely N-dealkylation sites (N-methyl/N-ethyl adjacent to an activating group) is 1. The summed E-state index contributed by atoms with van der Waals surface area (Å²) in [6.45, 7) is 9.15. The Bertz CT molecular complexity index is 1260. The molecule has 5 atom stereocenters. The number of nitrogens with zero attached hydrogens (tertiary/aromatic N) is 2. The van der Waals surface area contributed by atoms with Crippen molar-refractivity contribution in [2.75, 3.05) is 27.8 Å². The van der Waals surface area contributed by atoms with Crippen molar-refractivity contribution in [1.82, 2.24) is 20.1 Å². The lowest BCUT2D eigenvalue weighted by atomic mass is 9.77. The molecule has 1 aromatic heterocycles. The second-order valence-electron chi connectivity index (χ2n) is 12.3. The van der Waals surface area contributed by atoms with Crippen LogP contribution >= 0.6 is 0 Å². The smallest absolute Gasteiger partial charge is 0.328 e. The third kappa shape index (κ3) is 6.57. The summed E-state index contributed by atoms with van der Waals surface area (Å²) in [6, 6.07) is -1.66. The topological polar surface area (TPSA) is 164 Å². The van der Waals surface area contributed by atoms with Gasteiger partial charge in [0.05, 0.1) is 20.0 Å². The number of ether oxygens (including phenoxy) is 2. The number of aromatic amines is 1. The van der Waals surface area contributed by atoms with E-state index in [1.807, 2.05) is 6.08 Å². The normalized spacial score (nSPS) is 21.8. The molecule has 0 radical (unpaired) electrons. The number of likely N-dealkylation sites (tertiary alicyclic amines) is 1. The van der Waals surface area contributed by atoms with Crippen molar-refractivity contribution >= 4 is 29.9 Å². The molecule has 0 bridgehead atoms. The fraction of sp³-hybridized carbons (Fsp3) is 0.621. The number of rotatable bonds is 8. The minimum absolute atomic E-state index is 0.164. The molecule has 3 rings (SSSR count). The number of esters is 1. The molecule has 4 amide bonds. The van der Waals surface area contributed by atoms with E-state index >= 15 is 0 Å². The van der Waals surface area contributed by atoms with Crippen molar-refractivity contribution in [2.45, 2.75) is 71.5 Å². The Morgan fingerprint density at radius 1 is 1.20 bits per heavy atom. The van der Waals surface area contributed by atoms with Gasteiger partial charge < -0.3 is 35.3 Å². The van der Waals surface area contributed by atoms with E-state index in [1.165, 1.54) is 24.0 Å². The molecule has 2 aliphatic rings. The van der Waals surface area contributed by atoms with Gasteiger partial charge in [-0.1, -0.05) is 34.6 Å². The lowest BCUT2D eigenvalue weighted by Gasteiger charge is -2.37. The van der Waals surface area contributed by atoms with Crippen LogP contribution in [0.5, 0.6) is 0 Å². The Morgan fingerprint density at radius 3 is 2.39 bits per heavy atom. The molecule has 12 nitrogen and oxygen atoms in total. The summed E-state index contributed by atoms with van der Waals surface area (Å²) < 4.78 is 10.4. The number of nitrogens with two attached hydrogens (primary N) is 1. The Labute approximate surface area is 240 Å². The highest BCUT2D eigenvalue weighted by Crippen LogP contribution is 2.42. The van der Waals surface area contributed by atoms with Crippen molar-refractivity contribution in [3.63, 3.8) is 0 Å². The van der Waals surface area contributed by atoms with Crippen molar-refractivity contribution in [2.24, 2.45) is 23.0 Å². The molecule has 1 aliphatic heterocycles. The highest BCUT2D eigenvalue weighted by molar-refractivity contribution is 5.93. The first-order valence-electron chi connectivity index (χ1n) is 13.8. The van der Waals surface area contributed by atoms with Crippen LogP contribution in [0.1, 0.15) is 64.5 Å². The number of H-pyrrole nitrogens is 1. The van der Waals surface area contributed by atoms with Gasteiger partial charge in [0.15, 0.2) is 0 Å². The van der Waals surface area contributed by atoms with Gasteiger partial charge in [-0.15, -0.1) is 0 Å². The summed E-state index contributed by atoms with van der Waals surface area (Å²) in [5.74, 6) is -1.82. The monoisotopic (exact) mass is 573 g/mol. The number of nitrogens with one attached hydrogen (secondary N) is 2. The minimum atomic E-state index is -1.04. The molecule has 226 valence electrons. The molecule has 41 heavy (non-hydrogen) atoms. The number of hydrogen-bond acceptors (Lipinski definition) is 7. The van der Waals surface area contributed by atoms with Crippen molar-refractivity contribution < 1.29 is 28.7 Å². The maximum Gasteiger partial charge on any atom is 0.328 e. The second-order valence-corrected chi connectivity index (χ2v) is 12.3. The third-order valence-electron chi connectivity index (χ3n) is 8.11. The van der Waals surface area contributed by atoms with Gasteiger partial charge in [0.1, 0.15) is 18.1 Å². The average molecular weight is 574 g/mol. The van der Waals surface area contributed by atoms with E-state index in [0.717, 1.165) is 5.56 Å². The van der Waals surface area contributed by atoms with Gasteiger partial charge in [-0.25, -0.2) is 9.59 Å². The van der Waals surface area contributed by atoms with E-state index in [1.54, 1.807) is 54.0 Å². The average Bonchev–Trinajstić information content (AvgIpc) is 3.35. The Kier molecular flexibility index (Phi) is 9.55. The lowest BCUT2D eigenvalue weighted by molar-refractivity contribution is -0.147. The first kappa shape index (κ1) is 31.7. The zero-order valence-corrected chi connectivity index (χ0v) is 25.1. The van der Waals surface area contributed by atoms with Crippen LogP contribution in [-0.2, 0) is 23.9 Å². The van der Waals surface area contributed by atoms with Crippen LogP contribution in [0.4, 0.5) is 4.79 Å². The van der Waals surface area contributed by atoms with E-state index in [-0.39, 0.29) is 36.3 Å². The molecule has 0 aromatic carbocycles. The summed E-state index contributed by atoms with van der Waals surface area (Å²) in [5, 5.41) is 2.79. The highest BCUT2D eigenvalue weighted by atomic mass is 16.5. The number of carbonyl (C=O) groups excluding carboxylic acids is 4. The number of carbonyl (C=O) groups is 4. The third-order valence-corrected chi connectivity index (χ3v) is 8.11. The summed E-state index contributed by atoms with van der Waals surface area (Å²) in [5.41, 5.74) is 6.12. The SMILES string of the molecule is COC(=O)[C@H](C(C)C)N(C)C(=O)N[C@H](C(=O)N1C[C@H](C2CC(OC)=Cc3cc[nH]c(=O)c32)C[C@H]1C(N)=O)C(C)(C)C. The Balaban J connectivity index is 1.92. The number of aromatic nitrogens is 1. The predicted molar refractivity (Wildman–Crippen MR) is 152 cm³/mol. The molecule has 12 heteroatoms. The summed E-state index contributed by atoms with van der Waals surface area (Å²) >= 11 is 0. The van der Waals surface area contributed by atoms with Gasteiger partial charge in [0.25, 0.3) is 5.56 Å². The fourth-order valence-corrected chi connectivity index (χ4v) is 5.95. The molecule has 0 saturated carbocycles. The molecule has 2 heterocycles. The van der Waals surface area contributed by atoms with Gasteiger partial charge >= 0.3 is 12.0 Å². The second kappa shape index (κ2) is 12.4. The van der Waals surface area contributed by atoms with E-state index in [2.05, 4.69) is 10.3 Å². The van der Waals surface area contributed by atoms with Gasteiger partial charge in [0.2, 0.25) is 11.8 Å². The standard InChI is InChI=1S/C29H43N5O7/c1-15(2)22(27(38)41-8)33(6)28(39)32-23(29(3,4)5)26(37)34-14-17(12-20(34)24(30)35)19-13-18(40-7)11-16-9-10-31-25(36)21(16)19/h9-11,15,17,19-20,22-23H,12-14H2,1-8H3,(H2,30,35)(H,31,36)(H,32,39)/t17-,19?,20+,22+,23-/m1/s1. The number of amides is 4. The number of hydrogen-bond donors (Lipinski definition) is 3. The number of fused-ring (bicyclic) bond motifs is 1. The van der Waals surface area contributed by atoms with E-state index < -0.39 is 47.4 Å². The largest absolute Gasteiger partial charge is 0.501 e. The molecule has 1 saturated heterocycles. The number of pyridine rings is 1. The summed E-state index contributed by atoms with van der Waals surface area (Å²) in [6.07, 6.45) is 4.09. The van der Waals surface area contributed by atoms with Crippen molar-refractivity contribution in [3.05, 3.63) is 39.5 Å². The molecular weight excluding hydrogens is 530 g/mol. The van der Waals surface area contributed by atoms with Crippen LogP contribution in [0.2, 0.25) is 0 Å². The highest BCUT2D eigenvalue weighted by Gasteiger charge is 2.48.